The van der Waals surface area contributed by atoms with Crippen LogP contribution in [0.1, 0.15) is 26.5 Å². The van der Waals surface area contributed by atoms with E-state index in [1.165, 1.54) is 6.07 Å². The fraction of sp³-hybridized carbons (Fsp3) is 0.455. The van der Waals surface area contributed by atoms with Crippen LogP contribution in [0.3, 0.4) is 0 Å². The number of hydrogen-bond acceptors (Lipinski definition) is 4. The third-order valence-corrected chi connectivity index (χ3v) is 2.18. The molecule has 0 aliphatic rings. The second-order valence-corrected chi connectivity index (χ2v) is 5.37. The highest BCUT2D eigenvalue weighted by atomic mass is 79.9. The van der Waals surface area contributed by atoms with E-state index in [2.05, 4.69) is 26.2 Å². The van der Waals surface area contributed by atoms with Gasteiger partial charge in [-0.3, -0.25) is 5.32 Å². The van der Waals surface area contributed by atoms with Crippen LogP contribution in [0.4, 0.5) is 10.5 Å². The number of nitrogens with zero attached hydrogens (tertiary/aromatic N) is 1. The van der Waals surface area contributed by atoms with Crippen molar-refractivity contribution < 1.29 is 14.6 Å². The molecule has 0 aliphatic heterocycles. The minimum Gasteiger partial charge on any atom is -0.504 e. The molecule has 0 aromatic carbocycles. The number of rotatable bonds is 1. The molecule has 1 heterocycles. The summed E-state index contributed by atoms with van der Waals surface area (Å²) in [6, 6.07) is 1.51. The Labute approximate surface area is 108 Å². The molecule has 1 aromatic rings. The normalized spacial score (nSPS) is 11.1. The zero-order chi connectivity index (χ0) is 13.2. The maximum Gasteiger partial charge on any atom is 0.412 e. The summed E-state index contributed by atoms with van der Waals surface area (Å²) in [7, 11) is 0. The molecule has 5 nitrogen and oxygen atoms in total. The molecule has 0 spiro atoms. The maximum absolute atomic E-state index is 11.5. The van der Waals surface area contributed by atoms with Crippen molar-refractivity contribution >= 4 is 27.7 Å². The molecular weight excluding hydrogens is 288 g/mol. The van der Waals surface area contributed by atoms with Gasteiger partial charge < -0.3 is 9.84 Å². The molecule has 0 saturated heterocycles. The van der Waals surface area contributed by atoms with Gasteiger partial charge in [-0.1, -0.05) is 0 Å². The van der Waals surface area contributed by atoms with Crippen LogP contribution in [0.2, 0.25) is 0 Å². The van der Waals surface area contributed by atoms with E-state index in [4.69, 9.17) is 4.74 Å². The van der Waals surface area contributed by atoms with Crippen LogP contribution in [0, 0.1) is 6.92 Å². The highest BCUT2D eigenvalue weighted by Gasteiger charge is 2.18. The van der Waals surface area contributed by atoms with Crippen LogP contribution in [-0.2, 0) is 4.74 Å². The third-order valence-electron chi connectivity index (χ3n) is 1.77. The number of amides is 1. The van der Waals surface area contributed by atoms with Gasteiger partial charge in [0.25, 0.3) is 0 Å². The molecule has 2 N–H and O–H groups in total. The molecule has 0 bridgehead atoms. The summed E-state index contributed by atoms with van der Waals surface area (Å²) >= 11 is 3.18. The number of aryl methyl sites for hydroxylation is 1. The zero-order valence-corrected chi connectivity index (χ0v) is 11.8. The van der Waals surface area contributed by atoms with E-state index >= 15 is 0 Å². The minimum atomic E-state index is -0.620. The molecule has 17 heavy (non-hydrogen) atoms. The number of nitrogens with one attached hydrogen (secondary N) is 1. The molecule has 94 valence electrons. The topological polar surface area (TPSA) is 71.5 Å². The summed E-state index contributed by atoms with van der Waals surface area (Å²) in [6.45, 7) is 6.93. The van der Waals surface area contributed by atoms with Crippen molar-refractivity contribution in [3.05, 3.63) is 16.4 Å². The van der Waals surface area contributed by atoms with E-state index < -0.39 is 11.7 Å². The lowest BCUT2D eigenvalue weighted by atomic mass is 10.2. The molecular formula is C11H15BrN2O3. The Morgan fingerprint density at radius 1 is 1.53 bits per heavy atom. The van der Waals surface area contributed by atoms with E-state index in [9.17, 15) is 9.90 Å². The van der Waals surface area contributed by atoms with Crippen molar-refractivity contribution in [2.45, 2.75) is 33.3 Å². The van der Waals surface area contributed by atoms with Gasteiger partial charge in [-0.05, 0) is 49.7 Å². The summed E-state index contributed by atoms with van der Waals surface area (Å²) in [5.41, 5.74) is 0.1000. The number of ether oxygens (including phenoxy) is 1. The number of aromatic hydroxyl groups is 1. The summed E-state index contributed by atoms with van der Waals surface area (Å²) < 4.78 is 5.61. The van der Waals surface area contributed by atoms with Gasteiger partial charge in [-0.2, -0.15) is 0 Å². The predicted molar refractivity (Wildman–Crippen MR) is 68.2 cm³/mol. The van der Waals surface area contributed by atoms with Gasteiger partial charge in [-0.25, -0.2) is 9.78 Å². The predicted octanol–water partition coefficient (Wildman–Crippen LogP) is 3.21. The highest BCUT2D eigenvalue weighted by Crippen LogP contribution is 2.28. The standard InChI is InChI=1S/C11H15BrN2O3/c1-6-9(15)7(5-8(12)13-6)14-10(16)17-11(2,3)4/h5,15H,1-4H3,(H,13,14,16). The Kier molecular flexibility index (Phi) is 3.98. The number of pyridine rings is 1. The fourth-order valence-corrected chi connectivity index (χ4v) is 1.63. The van der Waals surface area contributed by atoms with E-state index in [0.717, 1.165) is 0 Å². The SMILES string of the molecule is Cc1nc(Br)cc(NC(=O)OC(C)(C)C)c1O. The lowest BCUT2D eigenvalue weighted by molar-refractivity contribution is 0.0635. The number of aromatic nitrogens is 1. The van der Waals surface area contributed by atoms with E-state index in [-0.39, 0.29) is 11.4 Å². The van der Waals surface area contributed by atoms with E-state index in [0.29, 0.717) is 10.3 Å². The number of hydrogen-bond donors (Lipinski definition) is 2. The Bertz CT molecular complexity index is 441. The average Bonchev–Trinajstić information content (AvgIpc) is 2.10. The largest absolute Gasteiger partial charge is 0.504 e. The van der Waals surface area contributed by atoms with Gasteiger partial charge in [0.15, 0.2) is 5.75 Å². The number of anilines is 1. The van der Waals surface area contributed by atoms with Gasteiger partial charge in [0, 0.05) is 0 Å². The van der Waals surface area contributed by atoms with Crippen molar-refractivity contribution in [1.29, 1.82) is 0 Å². The van der Waals surface area contributed by atoms with Gasteiger partial charge in [0.2, 0.25) is 0 Å². The summed E-state index contributed by atoms with van der Waals surface area (Å²) in [6.07, 6.45) is -0.620. The lowest BCUT2D eigenvalue weighted by Crippen LogP contribution is -2.27. The van der Waals surface area contributed by atoms with Crippen LogP contribution < -0.4 is 5.32 Å². The molecule has 1 rings (SSSR count). The van der Waals surface area contributed by atoms with Gasteiger partial charge >= 0.3 is 6.09 Å². The summed E-state index contributed by atoms with van der Waals surface area (Å²) in [5, 5.41) is 12.2. The maximum atomic E-state index is 11.5. The van der Waals surface area contributed by atoms with Crippen LogP contribution in [0.15, 0.2) is 10.7 Å². The van der Waals surface area contributed by atoms with Crippen LogP contribution in [0.5, 0.6) is 5.75 Å². The molecule has 0 fully saturated rings. The first-order valence-corrected chi connectivity index (χ1v) is 5.84. The lowest BCUT2D eigenvalue weighted by Gasteiger charge is -2.20. The van der Waals surface area contributed by atoms with Gasteiger partial charge in [-0.15, -0.1) is 0 Å². The molecule has 0 saturated carbocycles. The quantitative estimate of drug-likeness (QED) is 0.781. The molecule has 0 radical (unpaired) electrons. The van der Waals surface area contributed by atoms with Gasteiger partial charge in [0.1, 0.15) is 10.2 Å². The van der Waals surface area contributed by atoms with Gasteiger partial charge in [0.05, 0.1) is 11.4 Å². The Hall–Kier alpha value is -1.30. The second-order valence-electron chi connectivity index (χ2n) is 4.55. The molecule has 1 amide bonds. The first-order chi connectivity index (χ1) is 7.69. The van der Waals surface area contributed by atoms with E-state index in [1.54, 1.807) is 27.7 Å². The molecule has 1 aromatic heterocycles. The second kappa shape index (κ2) is 4.91. The van der Waals surface area contributed by atoms with Crippen molar-refractivity contribution in [2.75, 3.05) is 5.32 Å². The van der Waals surface area contributed by atoms with Crippen LogP contribution in [0.25, 0.3) is 0 Å². The van der Waals surface area contributed by atoms with Crippen LogP contribution >= 0.6 is 15.9 Å². The first kappa shape index (κ1) is 13.8. The molecule has 0 aliphatic carbocycles. The first-order valence-electron chi connectivity index (χ1n) is 5.05. The van der Waals surface area contributed by atoms with Crippen molar-refractivity contribution in [3.8, 4) is 5.75 Å². The monoisotopic (exact) mass is 302 g/mol. The minimum absolute atomic E-state index is 0.0703. The van der Waals surface area contributed by atoms with E-state index in [1.807, 2.05) is 0 Å². The summed E-state index contributed by atoms with van der Waals surface area (Å²) in [4.78, 5) is 15.5. The number of halogens is 1. The van der Waals surface area contributed by atoms with Crippen molar-refractivity contribution in [1.82, 2.24) is 4.98 Å². The number of carbonyl (C=O) groups excluding carboxylic acids is 1. The average molecular weight is 303 g/mol. The Morgan fingerprint density at radius 2 is 2.12 bits per heavy atom. The smallest absolute Gasteiger partial charge is 0.412 e. The Morgan fingerprint density at radius 3 is 2.65 bits per heavy atom. The molecule has 0 atom stereocenters. The summed E-state index contributed by atoms with van der Waals surface area (Å²) in [5.74, 6) is -0.0703. The number of carbonyl (C=O) groups is 1. The molecule has 0 unspecified atom stereocenters. The zero-order valence-electron chi connectivity index (χ0n) is 10.2. The fourth-order valence-electron chi connectivity index (χ4n) is 1.14. The van der Waals surface area contributed by atoms with Crippen molar-refractivity contribution in [2.24, 2.45) is 0 Å². The third kappa shape index (κ3) is 4.22. The molecule has 6 heteroatoms. The Balaban J connectivity index is 2.85. The van der Waals surface area contributed by atoms with Crippen molar-refractivity contribution in [3.63, 3.8) is 0 Å². The van der Waals surface area contributed by atoms with Crippen LogP contribution in [-0.4, -0.2) is 21.8 Å². The highest BCUT2D eigenvalue weighted by molar-refractivity contribution is 9.10.